The summed E-state index contributed by atoms with van der Waals surface area (Å²) in [7, 11) is 0. The second-order valence-electron chi connectivity index (χ2n) is 7.67. The quantitative estimate of drug-likeness (QED) is 0.712. The van der Waals surface area contributed by atoms with Gasteiger partial charge in [0.2, 0.25) is 0 Å². The van der Waals surface area contributed by atoms with E-state index in [9.17, 15) is 4.79 Å². The first-order valence-electron chi connectivity index (χ1n) is 10.3. The van der Waals surface area contributed by atoms with Crippen LogP contribution in [0.1, 0.15) is 28.2 Å². The van der Waals surface area contributed by atoms with E-state index in [1.165, 1.54) is 22.3 Å². The average molecular weight is 400 g/mol. The highest BCUT2D eigenvalue weighted by Crippen LogP contribution is 2.44. The van der Waals surface area contributed by atoms with Crippen molar-refractivity contribution >= 4 is 6.09 Å². The van der Waals surface area contributed by atoms with Gasteiger partial charge < -0.3 is 20.1 Å². The van der Waals surface area contributed by atoms with Crippen molar-refractivity contribution in [2.45, 2.75) is 19.0 Å². The van der Waals surface area contributed by atoms with E-state index in [0.29, 0.717) is 32.8 Å². The van der Waals surface area contributed by atoms with Crippen LogP contribution in [-0.4, -0.2) is 30.8 Å². The zero-order valence-electron chi connectivity index (χ0n) is 16.7. The smallest absolute Gasteiger partial charge is 0.410 e. The van der Waals surface area contributed by atoms with Crippen LogP contribution in [0, 0.1) is 0 Å². The van der Waals surface area contributed by atoms with E-state index in [-0.39, 0.29) is 12.0 Å². The first-order chi connectivity index (χ1) is 14.8. The van der Waals surface area contributed by atoms with Crippen molar-refractivity contribution in [3.63, 3.8) is 0 Å². The molecule has 2 N–H and O–H groups in total. The molecule has 5 rings (SSSR count). The van der Waals surface area contributed by atoms with Crippen molar-refractivity contribution in [2.24, 2.45) is 5.73 Å². The maximum atomic E-state index is 13.0. The third-order valence-electron chi connectivity index (χ3n) is 6.01. The zero-order chi connectivity index (χ0) is 20.5. The largest absolute Gasteiger partial charge is 0.491 e. The van der Waals surface area contributed by atoms with Gasteiger partial charge in [0, 0.05) is 18.0 Å². The van der Waals surface area contributed by atoms with Gasteiger partial charge in [-0.1, -0.05) is 60.7 Å². The third kappa shape index (κ3) is 3.21. The minimum atomic E-state index is -0.319. The maximum absolute atomic E-state index is 13.0. The number of carbonyl (C=O) groups is 1. The molecule has 0 saturated carbocycles. The predicted molar refractivity (Wildman–Crippen MR) is 115 cm³/mol. The first-order valence-corrected chi connectivity index (χ1v) is 10.3. The van der Waals surface area contributed by atoms with Gasteiger partial charge in [-0.2, -0.15) is 0 Å². The normalized spacial score (nSPS) is 14.9. The van der Waals surface area contributed by atoms with E-state index in [1.807, 2.05) is 42.5 Å². The summed E-state index contributed by atoms with van der Waals surface area (Å²) in [5.41, 5.74) is 12.7. The number of nitrogens with two attached hydrogens (primary N) is 1. The lowest BCUT2D eigenvalue weighted by atomic mass is 9.98. The molecular formula is C25H24N2O3. The van der Waals surface area contributed by atoms with Crippen LogP contribution in [0.5, 0.6) is 5.75 Å². The summed E-state index contributed by atoms with van der Waals surface area (Å²) in [6.45, 7) is 2.08. The first kappa shape index (κ1) is 18.7. The molecule has 1 heterocycles. The molecule has 0 fully saturated rings. The van der Waals surface area contributed by atoms with Crippen LogP contribution in [0.3, 0.4) is 0 Å². The fraction of sp³-hybridized carbons (Fsp3) is 0.240. The van der Waals surface area contributed by atoms with Gasteiger partial charge in [-0.25, -0.2) is 4.79 Å². The lowest BCUT2D eigenvalue weighted by molar-refractivity contribution is 0.0947. The fourth-order valence-corrected chi connectivity index (χ4v) is 4.49. The Labute approximate surface area is 176 Å². The average Bonchev–Trinajstić information content (AvgIpc) is 2.94. The number of nitrogens with zero attached hydrogens (tertiary/aromatic N) is 1. The molecule has 3 aromatic carbocycles. The van der Waals surface area contributed by atoms with E-state index in [2.05, 4.69) is 24.3 Å². The Bertz CT molecular complexity index is 1050. The number of rotatable bonds is 3. The SMILES string of the molecule is NCc1cccc2c1CN(C(=O)OCC1c3ccccc3-c3ccccc31)CCO2. The van der Waals surface area contributed by atoms with Crippen molar-refractivity contribution in [2.75, 3.05) is 19.8 Å². The number of hydrogen-bond acceptors (Lipinski definition) is 4. The standard InChI is InChI=1S/C25H24N2O3/c26-14-17-6-5-11-24-22(17)15-27(12-13-29-24)25(28)30-16-23-20-9-3-1-7-18(20)19-8-2-4-10-21(19)23/h1-11,23H,12-16,26H2. The minimum absolute atomic E-state index is 0.0523. The molecule has 3 aromatic rings. The monoisotopic (exact) mass is 400 g/mol. The molecule has 0 radical (unpaired) electrons. The molecule has 0 spiro atoms. The Morgan fingerprint density at radius 3 is 2.40 bits per heavy atom. The Kier molecular flexibility index (Phi) is 4.89. The highest BCUT2D eigenvalue weighted by Gasteiger charge is 2.30. The van der Waals surface area contributed by atoms with Crippen molar-refractivity contribution in [3.8, 4) is 16.9 Å². The second kappa shape index (κ2) is 7.84. The van der Waals surface area contributed by atoms with E-state index in [4.69, 9.17) is 15.2 Å². The van der Waals surface area contributed by atoms with Crippen LogP contribution in [0.25, 0.3) is 11.1 Å². The lowest BCUT2D eigenvalue weighted by Gasteiger charge is -2.22. The minimum Gasteiger partial charge on any atom is -0.491 e. The molecule has 0 bridgehead atoms. The van der Waals surface area contributed by atoms with Crippen LogP contribution in [-0.2, 0) is 17.8 Å². The topological polar surface area (TPSA) is 64.8 Å². The maximum Gasteiger partial charge on any atom is 0.410 e. The van der Waals surface area contributed by atoms with Crippen LogP contribution in [0.2, 0.25) is 0 Å². The molecule has 152 valence electrons. The Morgan fingerprint density at radius 2 is 1.70 bits per heavy atom. The van der Waals surface area contributed by atoms with Crippen LogP contribution in [0.4, 0.5) is 4.79 Å². The number of fused-ring (bicyclic) bond motifs is 4. The number of hydrogen-bond donors (Lipinski definition) is 1. The number of carbonyl (C=O) groups excluding carboxylic acids is 1. The van der Waals surface area contributed by atoms with Crippen molar-refractivity contribution in [3.05, 3.63) is 89.0 Å². The zero-order valence-corrected chi connectivity index (χ0v) is 16.7. The molecule has 0 saturated heterocycles. The molecule has 0 unspecified atom stereocenters. The van der Waals surface area contributed by atoms with Crippen molar-refractivity contribution in [1.29, 1.82) is 0 Å². The lowest BCUT2D eigenvalue weighted by Crippen LogP contribution is -2.34. The highest BCUT2D eigenvalue weighted by atomic mass is 16.6. The summed E-state index contributed by atoms with van der Waals surface area (Å²) >= 11 is 0. The van der Waals surface area contributed by atoms with E-state index in [0.717, 1.165) is 16.9 Å². The Morgan fingerprint density at radius 1 is 1.00 bits per heavy atom. The highest BCUT2D eigenvalue weighted by molar-refractivity contribution is 5.79. The van der Waals surface area contributed by atoms with E-state index in [1.54, 1.807) is 4.90 Å². The molecule has 5 heteroatoms. The summed E-state index contributed by atoms with van der Waals surface area (Å²) in [4.78, 5) is 14.7. The number of amides is 1. The van der Waals surface area contributed by atoms with Gasteiger partial charge in [-0.15, -0.1) is 0 Å². The Hall–Kier alpha value is -3.31. The van der Waals surface area contributed by atoms with Gasteiger partial charge in [-0.05, 0) is 33.9 Å². The van der Waals surface area contributed by atoms with Gasteiger partial charge in [0.1, 0.15) is 19.0 Å². The fourth-order valence-electron chi connectivity index (χ4n) is 4.49. The van der Waals surface area contributed by atoms with Crippen molar-refractivity contribution in [1.82, 2.24) is 4.90 Å². The number of ether oxygens (including phenoxy) is 2. The molecule has 30 heavy (non-hydrogen) atoms. The molecular weight excluding hydrogens is 376 g/mol. The molecule has 1 amide bonds. The molecule has 2 aliphatic rings. The third-order valence-corrected chi connectivity index (χ3v) is 6.01. The predicted octanol–water partition coefficient (Wildman–Crippen LogP) is 4.29. The van der Waals surface area contributed by atoms with E-state index >= 15 is 0 Å². The van der Waals surface area contributed by atoms with Gasteiger partial charge >= 0.3 is 6.09 Å². The van der Waals surface area contributed by atoms with Crippen LogP contribution < -0.4 is 10.5 Å². The van der Waals surface area contributed by atoms with E-state index < -0.39 is 0 Å². The van der Waals surface area contributed by atoms with Gasteiger partial charge in [0.25, 0.3) is 0 Å². The van der Waals surface area contributed by atoms with Gasteiger partial charge in [0.05, 0.1) is 13.1 Å². The summed E-state index contributed by atoms with van der Waals surface area (Å²) in [6.07, 6.45) is -0.319. The van der Waals surface area contributed by atoms with Crippen LogP contribution >= 0.6 is 0 Å². The Balaban J connectivity index is 1.34. The van der Waals surface area contributed by atoms with Crippen molar-refractivity contribution < 1.29 is 14.3 Å². The molecule has 1 aliphatic heterocycles. The van der Waals surface area contributed by atoms with Gasteiger partial charge in [0.15, 0.2) is 0 Å². The molecule has 1 aliphatic carbocycles. The van der Waals surface area contributed by atoms with Gasteiger partial charge in [-0.3, -0.25) is 0 Å². The summed E-state index contributed by atoms with van der Waals surface area (Å²) in [5.74, 6) is 0.850. The summed E-state index contributed by atoms with van der Waals surface area (Å²) in [5, 5.41) is 0. The second-order valence-corrected chi connectivity index (χ2v) is 7.67. The molecule has 0 aromatic heterocycles. The molecule has 5 nitrogen and oxygen atoms in total. The number of benzene rings is 3. The molecule has 0 atom stereocenters. The summed E-state index contributed by atoms with van der Waals surface area (Å²) < 4.78 is 11.7. The summed E-state index contributed by atoms with van der Waals surface area (Å²) in [6, 6.07) is 22.5. The van der Waals surface area contributed by atoms with Crippen LogP contribution in [0.15, 0.2) is 66.7 Å².